The van der Waals surface area contributed by atoms with E-state index in [0.717, 1.165) is 6.08 Å². The Morgan fingerprint density at radius 1 is 1.25 bits per heavy atom. The number of hydrogen-bond donors (Lipinski definition) is 0. The Morgan fingerprint density at radius 3 is 2.43 bits per heavy atom. The van der Waals surface area contributed by atoms with Crippen LogP contribution in [-0.2, 0) is 24.2 Å². The van der Waals surface area contributed by atoms with Gasteiger partial charge in [0.05, 0.1) is 11.5 Å². The van der Waals surface area contributed by atoms with E-state index in [-0.39, 0.29) is 17.3 Å². The van der Waals surface area contributed by atoms with Gasteiger partial charge in [0.1, 0.15) is 5.75 Å². The number of nitrogens with zero attached hydrogens (tertiary/aromatic N) is 1. The van der Waals surface area contributed by atoms with Gasteiger partial charge in [-0.1, -0.05) is 12.1 Å². The zero-order chi connectivity index (χ0) is 20.9. The van der Waals surface area contributed by atoms with Crippen molar-refractivity contribution in [3.8, 4) is 5.75 Å². The third kappa shape index (κ3) is 6.29. The fourth-order valence-corrected chi connectivity index (χ4v) is 4.51. The molecular formula is C18H21F2NO6S. The topological polar surface area (TPSA) is 90.0 Å². The molecule has 0 unspecified atom stereocenters. The predicted octanol–water partition coefficient (Wildman–Crippen LogP) is 1.88. The van der Waals surface area contributed by atoms with Crippen LogP contribution >= 0.6 is 0 Å². The minimum Gasteiger partial charge on any atom is -0.449 e. The van der Waals surface area contributed by atoms with Crippen molar-refractivity contribution in [2.75, 3.05) is 18.6 Å². The van der Waals surface area contributed by atoms with E-state index in [0.29, 0.717) is 12.0 Å². The maximum atomic E-state index is 12.3. The highest BCUT2D eigenvalue weighted by molar-refractivity contribution is 7.91. The van der Waals surface area contributed by atoms with Gasteiger partial charge in [-0.05, 0) is 37.1 Å². The molecular weight excluding hydrogens is 396 g/mol. The maximum absolute atomic E-state index is 12.3. The number of carbonyl (C=O) groups is 2. The van der Waals surface area contributed by atoms with Crippen LogP contribution in [0.25, 0.3) is 6.08 Å². The molecule has 1 aromatic rings. The highest BCUT2D eigenvalue weighted by atomic mass is 32.2. The summed E-state index contributed by atoms with van der Waals surface area (Å²) in [5.74, 6) is -1.32. The van der Waals surface area contributed by atoms with Gasteiger partial charge in [-0.2, -0.15) is 8.78 Å². The van der Waals surface area contributed by atoms with Crippen LogP contribution in [0.1, 0.15) is 18.9 Å². The van der Waals surface area contributed by atoms with Gasteiger partial charge in [-0.3, -0.25) is 4.79 Å². The van der Waals surface area contributed by atoms with Crippen LogP contribution in [0.2, 0.25) is 0 Å². The molecule has 1 saturated heterocycles. The Balaban J connectivity index is 1.87. The van der Waals surface area contributed by atoms with Crippen LogP contribution in [0, 0.1) is 0 Å². The molecule has 0 N–H and O–H groups in total. The smallest absolute Gasteiger partial charge is 0.387 e. The minimum atomic E-state index is -3.14. The molecule has 0 saturated carbocycles. The van der Waals surface area contributed by atoms with E-state index in [2.05, 4.69) is 4.74 Å². The second-order valence-electron chi connectivity index (χ2n) is 6.37. The van der Waals surface area contributed by atoms with Gasteiger partial charge in [-0.15, -0.1) is 0 Å². The van der Waals surface area contributed by atoms with Crippen molar-refractivity contribution in [3.05, 3.63) is 35.9 Å². The lowest BCUT2D eigenvalue weighted by Crippen LogP contribution is -2.44. The lowest BCUT2D eigenvalue weighted by atomic mass is 10.2. The number of halogens is 2. The number of carbonyl (C=O) groups excluding carboxylic acids is 2. The van der Waals surface area contributed by atoms with Crippen molar-refractivity contribution in [3.63, 3.8) is 0 Å². The van der Waals surface area contributed by atoms with Gasteiger partial charge in [0.15, 0.2) is 15.9 Å². The number of hydrogen-bond acceptors (Lipinski definition) is 6. The van der Waals surface area contributed by atoms with Crippen LogP contribution < -0.4 is 4.74 Å². The summed E-state index contributed by atoms with van der Waals surface area (Å²) in [7, 11) is -1.65. The number of esters is 1. The molecule has 0 radical (unpaired) electrons. The lowest BCUT2D eigenvalue weighted by Gasteiger charge is -2.26. The molecule has 1 aliphatic rings. The van der Waals surface area contributed by atoms with Gasteiger partial charge in [0.25, 0.3) is 5.91 Å². The average Bonchev–Trinajstić information content (AvgIpc) is 2.99. The van der Waals surface area contributed by atoms with E-state index in [1.165, 1.54) is 49.2 Å². The van der Waals surface area contributed by atoms with Crippen LogP contribution in [0.5, 0.6) is 5.75 Å². The highest BCUT2D eigenvalue weighted by Gasteiger charge is 2.34. The molecule has 1 aromatic carbocycles. The fourth-order valence-electron chi connectivity index (χ4n) is 2.74. The summed E-state index contributed by atoms with van der Waals surface area (Å²) in [4.78, 5) is 25.5. The van der Waals surface area contributed by atoms with Gasteiger partial charge in [-0.25, -0.2) is 13.2 Å². The molecule has 1 heterocycles. The van der Waals surface area contributed by atoms with Crippen LogP contribution in [0.3, 0.4) is 0 Å². The Bertz CT molecular complexity index is 838. The van der Waals surface area contributed by atoms with E-state index >= 15 is 0 Å². The fraction of sp³-hybridized carbons (Fsp3) is 0.444. The average molecular weight is 417 g/mol. The number of amides is 1. The number of sulfone groups is 1. The van der Waals surface area contributed by atoms with Crippen molar-refractivity contribution in [1.82, 2.24) is 4.90 Å². The van der Waals surface area contributed by atoms with Gasteiger partial charge in [0.2, 0.25) is 0 Å². The van der Waals surface area contributed by atoms with E-state index in [9.17, 15) is 26.8 Å². The van der Waals surface area contributed by atoms with Gasteiger partial charge < -0.3 is 14.4 Å². The molecule has 28 heavy (non-hydrogen) atoms. The molecule has 0 spiro atoms. The zero-order valence-electron chi connectivity index (χ0n) is 15.4. The first-order valence-electron chi connectivity index (χ1n) is 8.48. The molecule has 0 aliphatic carbocycles. The molecule has 2 atom stereocenters. The van der Waals surface area contributed by atoms with Crippen molar-refractivity contribution in [2.45, 2.75) is 32.1 Å². The minimum absolute atomic E-state index is 0.00842. The number of benzene rings is 1. The summed E-state index contributed by atoms with van der Waals surface area (Å²) >= 11 is 0. The van der Waals surface area contributed by atoms with Crippen molar-refractivity contribution >= 4 is 27.8 Å². The predicted molar refractivity (Wildman–Crippen MR) is 97.5 cm³/mol. The summed E-state index contributed by atoms with van der Waals surface area (Å²) in [6.45, 7) is -1.51. The van der Waals surface area contributed by atoms with E-state index in [4.69, 9.17) is 4.74 Å². The number of ether oxygens (including phenoxy) is 2. The maximum Gasteiger partial charge on any atom is 0.387 e. The lowest BCUT2D eigenvalue weighted by molar-refractivity contribution is -0.155. The van der Waals surface area contributed by atoms with Crippen molar-refractivity contribution in [2.24, 2.45) is 0 Å². The van der Waals surface area contributed by atoms with E-state index in [1.807, 2.05) is 0 Å². The standard InChI is InChI=1S/C18H21F2NO6S/c1-12(17(23)21(2)14-9-10-28(24,25)11-14)26-16(22)8-5-13-3-6-15(7-4-13)27-18(19)20/h3-8,12,14,18H,9-11H2,1-2H3/b8-5+/t12-,14-/m0/s1. The molecule has 1 aliphatic heterocycles. The molecule has 0 bridgehead atoms. The SMILES string of the molecule is C[C@H](OC(=O)/C=C/c1ccc(OC(F)F)cc1)C(=O)N(C)[C@H]1CCS(=O)(=O)C1. The molecule has 0 aromatic heterocycles. The molecule has 7 nitrogen and oxygen atoms in total. The Morgan fingerprint density at radius 2 is 1.89 bits per heavy atom. The van der Waals surface area contributed by atoms with E-state index in [1.54, 1.807) is 0 Å². The molecule has 1 fully saturated rings. The second kappa shape index (κ2) is 9.13. The first kappa shape index (κ1) is 21.8. The third-order valence-electron chi connectivity index (χ3n) is 4.26. The molecule has 1 amide bonds. The largest absolute Gasteiger partial charge is 0.449 e. The molecule has 154 valence electrons. The number of likely N-dealkylation sites (N-methyl/N-ethyl adjacent to an activating group) is 1. The summed E-state index contributed by atoms with van der Waals surface area (Å²) in [6.07, 6.45) is 1.79. The van der Waals surface area contributed by atoms with Crippen LogP contribution in [0.15, 0.2) is 30.3 Å². The van der Waals surface area contributed by atoms with Gasteiger partial charge in [0, 0.05) is 19.2 Å². The number of rotatable bonds is 7. The van der Waals surface area contributed by atoms with Crippen LogP contribution in [0.4, 0.5) is 8.78 Å². The van der Waals surface area contributed by atoms with Crippen LogP contribution in [-0.4, -0.2) is 62.5 Å². The normalized spacial score (nSPS) is 19.5. The quantitative estimate of drug-likeness (QED) is 0.497. The summed E-state index contributed by atoms with van der Waals surface area (Å²) in [5.41, 5.74) is 0.547. The zero-order valence-corrected chi connectivity index (χ0v) is 16.2. The van der Waals surface area contributed by atoms with Gasteiger partial charge >= 0.3 is 12.6 Å². The van der Waals surface area contributed by atoms with Crippen molar-refractivity contribution in [1.29, 1.82) is 0 Å². The molecule has 2 rings (SSSR count). The number of alkyl halides is 2. The Kier molecular flexibility index (Phi) is 7.11. The van der Waals surface area contributed by atoms with E-state index < -0.39 is 40.5 Å². The third-order valence-corrected chi connectivity index (χ3v) is 6.01. The second-order valence-corrected chi connectivity index (χ2v) is 8.59. The Hall–Kier alpha value is -2.49. The first-order valence-corrected chi connectivity index (χ1v) is 10.3. The summed E-state index contributed by atoms with van der Waals surface area (Å²) in [5, 5.41) is 0. The Labute approximate surface area is 161 Å². The highest BCUT2D eigenvalue weighted by Crippen LogP contribution is 2.18. The first-order chi connectivity index (χ1) is 13.1. The summed E-state index contributed by atoms with van der Waals surface area (Å²) < 4.78 is 56.5. The van der Waals surface area contributed by atoms with Crippen molar-refractivity contribution < 1.29 is 36.3 Å². The summed E-state index contributed by atoms with van der Waals surface area (Å²) in [6, 6.07) is 5.18. The monoisotopic (exact) mass is 417 g/mol. The molecule has 10 heteroatoms.